The molecule has 0 atom stereocenters. The van der Waals surface area contributed by atoms with Gasteiger partial charge in [-0.05, 0) is 62.7 Å². The van der Waals surface area contributed by atoms with Crippen molar-refractivity contribution in [3.63, 3.8) is 0 Å². The van der Waals surface area contributed by atoms with Crippen LogP contribution in [-0.4, -0.2) is 34.0 Å². The van der Waals surface area contributed by atoms with Gasteiger partial charge in [0.2, 0.25) is 5.91 Å². The highest BCUT2D eigenvalue weighted by atomic mass is 35.5. The van der Waals surface area contributed by atoms with Crippen molar-refractivity contribution in [3.05, 3.63) is 87.9 Å². The zero-order valence-electron chi connectivity index (χ0n) is 20.0. The zero-order chi connectivity index (χ0) is 25.6. The summed E-state index contributed by atoms with van der Waals surface area (Å²) in [5.74, 6) is -0.468. The van der Waals surface area contributed by atoms with Crippen LogP contribution in [0.1, 0.15) is 25.0 Å². The van der Waals surface area contributed by atoms with Crippen LogP contribution in [0, 0.1) is 6.92 Å². The number of hydrogen-bond acceptors (Lipinski definition) is 4. The highest BCUT2D eigenvalue weighted by Crippen LogP contribution is 2.35. The van der Waals surface area contributed by atoms with Gasteiger partial charge in [0.1, 0.15) is 6.54 Å². The number of carbonyl (C=O) groups is 1. The van der Waals surface area contributed by atoms with Crippen molar-refractivity contribution >= 4 is 50.5 Å². The summed E-state index contributed by atoms with van der Waals surface area (Å²) >= 11 is 12.5. The predicted octanol–water partition coefficient (Wildman–Crippen LogP) is 5.66. The molecule has 0 aliphatic rings. The third-order valence-electron chi connectivity index (χ3n) is 5.65. The van der Waals surface area contributed by atoms with Crippen LogP contribution in [0.4, 0.5) is 11.4 Å². The van der Waals surface area contributed by atoms with E-state index in [1.54, 1.807) is 24.3 Å². The quantitative estimate of drug-likeness (QED) is 0.365. The maximum atomic E-state index is 13.5. The third-order valence-corrected chi connectivity index (χ3v) is 8.23. The largest absolute Gasteiger partial charge is 0.372 e. The van der Waals surface area contributed by atoms with Crippen LogP contribution in [0.25, 0.3) is 0 Å². The molecule has 186 valence electrons. The molecule has 1 amide bonds. The van der Waals surface area contributed by atoms with Gasteiger partial charge >= 0.3 is 0 Å². The van der Waals surface area contributed by atoms with Gasteiger partial charge in [0.05, 0.1) is 20.6 Å². The summed E-state index contributed by atoms with van der Waals surface area (Å²) in [6.45, 7) is 7.69. The standard InChI is InChI=1S/C26H29Cl2N3O3S/c1-4-30(5-2)21-13-11-20(12-14-21)17-29-25(32)18-31(24-8-6-7-23(27)26(24)28)35(33,34)22-15-9-19(3)10-16-22/h6-16H,4-5,17-18H2,1-3H3,(H,29,32). The lowest BCUT2D eigenvalue weighted by atomic mass is 10.2. The van der Waals surface area contributed by atoms with Crippen LogP contribution in [0.3, 0.4) is 0 Å². The Bertz CT molecular complexity index is 1260. The number of benzene rings is 3. The Morgan fingerprint density at radius 2 is 1.54 bits per heavy atom. The van der Waals surface area contributed by atoms with Gasteiger partial charge in [-0.3, -0.25) is 9.10 Å². The second-order valence-corrected chi connectivity index (χ2v) is 10.7. The van der Waals surface area contributed by atoms with Crippen LogP contribution in [0.15, 0.2) is 71.6 Å². The number of hydrogen-bond donors (Lipinski definition) is 1. The summed E-state index contributed by atoms with van der Waals surface area (Å²) in [5.41, 5.74) is 3.07. The van der Waals surface area contributed by atoms with Crippen LogP contribution in [0.2, 0.25) is 10.0 Å². The van der Waals surface area contributed by atoms with E-state index >= 15 is 0 Å². The Balaban J connectivity index is 1.82. The molecule has 35 heavy (non-hydrogen) atoms. The first-order chi connectivity index (χ1) is 16.7. The molecule has 0 spiro atoms. The maximum absolute atomic E-state index is 13.5. The molecule has 3 rings (SSSR count). The van der Waals surface area contributed by atoms with Crippen molar-refractivity contribution in [1.29, 1.82) is 0 Å². The number of halogens is 2. The molecule has 0 fully saturated rings. The van der Waals surface area contributed by atoms with Gasteiger partial charge in [-0.2, -0.15) is 0 Å². The summed E-state index contributed by atoms with van der Waals surface area (Å²) in [7, 11) is -4.09. The highest BCUT2D eigenvalue weighted by Gasteiger charge is 2.29. The Kier molecular flexibility index (Phi) is 9.05. The molecule has 1 N–H and O–H groups in total. The van der Waals surface area contributed by atoms with Crippen molar-refractivity contribution in [2.75, 3.05) is 28.8 Å². The molecule has 6 nitrogen and oxygen atoms in total. The van der Waals surface area contributed by atoms with Crippen molar-refractivity contribution < 1.29 is 13.2 Å². The minimum atomic E-state index is -4.09. The fourth-order valence-electron chi connectivity index (χ4n) is 3.62. The molecule has 3 aromatic rings. The third kappa shape index (κ3) is 6.48. The molecule has 0 aliphatic carbocycles. The molecule has 0 radical (unpaired) electrons. The number of carbonyl (C=O) groups excluding carboxylic acids is 1. The Hall–Kier alpha value is -2.74. The normalized spacial score (nSPS) is 11.2. The van der Waals surface area contributed by atoms with E-state index in [4.69, 9.17) is 23.2 Å². The van der Waals surface area contributed by atoms with Crippen LogP contribution < -0.4 is 14.5 Å². The fraction of sp³-hybridized carbons (Fsp3) is 0.269. The van der Waals surface area contributed by atoms with E-state index in [1.807, 2.05) is 31.2 Å². The molecule has 0 aromatic heterocycles. The number of nitrogens with zero attached hydrogens (tertiary/aromatic N) is 2. The molecular formula is C26H29Cl2N3O3S. The van der Waals surface area contributed by atoms with Gasteiger partial charge in [0.25, 0.3) is 10.0 Å². The molecule has 0 heterocycles. The molecule has 3 aromatic carbocycles. The Morgan fingerprint density at radius 3 is 2.14 bits per heavy atom. The molecule has 0 saturated heterocycles. The SMILES string of the molecule is CCN(CC)c1ccc(CNC(=O)CN(c2cccc(Cl)c2Cl)S(=O)(=O)c2ccc(C)cc2)cc1. The smallest absolute Gasteiger partial charge is 0.264 e. The van der Waals surface area contributed by atoms with E-state index in [9.17, 15) is 13.2 Å². The minimum Gasteiger partial charge on any atom is -0.372 e. The lowest BCUT2D eigenvalue weighted by Crippen LogP contribution is -2.40. The first kappa shape index (κ1) is 26.9. The van der Waals surface area contributed by atoms with E-state index in [2.05, 4.69) is 24.1 Å². The average molecular weight is 535 g/mol. The van der Waals surface area contributed by atoms with Gasteiger partial charge in [-0.15, -0.1) is 0 Å². The summed E-state index contributed by atoms with van der Waals surface area (Å²) in [5, 5.41) is 3.06. The van der Waals surface area contributed by atoms with Crippen LogP contribution in [-0.2, 0) is 21.4 Å². The van der Waals surface area contributed by atoms with Crippen molar-refractivity contribution in [2.24, 2.45) is 0 Å². The lowest BCUT2D eigenvalue weighted by Gasteiger charge is -2.25. The van der Waals surface area contributed by atoms with Crippen molar-refractivity contribution in [1.82, 2.24) is 5.32 Å². The van der Waals surface area contributed by atoms with Crippen LogP contribution in [0.5, 0.6) is 0 Å². The fourth-order valence-corrected chi connectivity index (χ4v) is 5.50. The monoisotopic (exact) mass is 533 g/mol. The van der Waals surface area contributed by atoms with Gasteiger partial charge in [0, 0.05) is 25.3 Å². The molecule has 0 saturated carbocycles. The molecular weight excluding hydrogens is 505 g/mol. The van der Waals surface area contributed by atoms with Gasteiger partial charge in [-0.25, -0.2) is 8.42 Å². The van der Waals surface area contributed by atoms with Gasteiger partial charge in [0.15, 0.2) is 0 Å². The second kappa shape index (κ2) is 11.8. The topological polar surface area (TPSA) is 69.7 Å². The number of sulfonamides is 1. The molecule has 9 heteroatoms. The van der Waals surface area contributed by atoms with Crippen LogP contribution >= 0.6 is 23.2 Å². The van der Waals surface area contributed by atoms with Gasteiger partial charge in [-0.1, -0.05) is 59.1 Å². The predicted molar refractivity (Wildman–Crippen MR) is 144 cm³/mol. The number of nitrogens with one attached hydrogen (secondary N) is 1. The van der Waals surface area contributed by atoms with Crippen molar-refractivity contribution in [2.45, 2.75) is 32.2 Å². The maximum Gasteiger partial charge on any atom is 0.264 e. The number of anilines is 2. The first-order valence-corrected chi connectivity index (χ1v) is 13.5. The zero-order valence-corrected chi connectivity index (χ0v) is 22.3. The minimum absolute atomic E-state index is 0.0546. The summed E-state index contributed by atoms with van der Waals surface area (Å²) in [6.07, 6.45) is 0. The summed E-state index contributed by atoms with van der Waals surface area (Å²) in [6, 6.07) is 19.0. The van der Waals surface area contributed by atoms with E-state index in [0.717, 1.165) is 34.2 Å². The number of amides is 1. The molecule has 0 bridgehead atoms. The Labute approximate surface area is 217 Å². The summed E-state index contributed by atoms with van der Waals surface area (Å²) < 4.78 is 28.0. The molecule has 0 aliphatic heterocycles. The average Bonchev–Trinajstić information content (AvgIpc) is 2.85. The van der Waals surface area contributed by atoms with Crippen molar-refractivity contribution in [3.8, 4) is 0 Å². The van der Waals surface area contributed by atoms with E-state index < -0.39 is 22.5 Å². The molecule has 0 unspecified atom stereocenters. The second-order valence-electron chi connectivity index (χ2n) is 8.01. The number of aryl methyl sites for hydroxylation is 1. The summed E-state index contributed by atoms with van der Waals surface area (Å²) in [4.78, 5) is 15.2. The van der Waals surface area contributed by atoms with E-state index in [-0.39, 0.29) is 27.2 Å². The lowest BCUT2D eigenvalue weighted by molar-refractivity contribution is -0.119. The number of rotatable bonds is 10. The Morgan fingerprint density at radius 1 is 0.914 bits per heavy atom. The first-order valence-electron chi connectivity index (χ1n) is 11.3. The van der Waals surface area contributed by atoms with E-state index in [1.165, 1.54) is 18.2 Å². The highest BCUT2D eigenvalue weighted by molar-refractivity contribution is 7.92. The van der Waals surface area contributed by atoms with E-state index in [0.29, 0.717) is 0 Å². The van der Waals surface area contributed by atoms with Gasteiger partial charge < -0.3 is 10.2 Å².